The zero-order valence-electron chi connectivity index (χ0n) is 18.8. The smallest absolute Gasteiger partial charge is 0.267 e. The first-order valence-electron chi connectivity index (χ1n) is 10.8. The molecule has 2 aromatic rings. The molecule has 8 nitrogen and oxygen atoms in total. The minimum Gasteiger partial charge on any atom is -0.350 e. The summed E-state index contributed by atoms with van der Waals surface area (Å²) in [6, 6.07) is 13.9. The molecule has 34 heavy (non-hydrogen) atoms. The van der Waals surface area contributed by atoms with E-state index in [0.717, 1.165) is 36.6 Å². The van der Waals surface area contributed by atoms with Gasteiger partial charge in [-0.25, -0.2) is 10.3 Å². The second-order valence-corrected chi connectivity index (χ2v) is 9.39. The first-order valence-corrected chi connectivity index (χ1v) is 12.6. The van der Waals surface area contributed by atoms with Crippen molar-refractivity contribution in [2.75, 3.05) is 12.9 Å². The van der Waals surface area contributed by atoms with Gasteiger partial charge in [-0.15, -0.1) is 0 Å². The Hall–Kier alpha value is -3.11. The molecule has 0 aliphatic carbocycles. The van der Waals surface area contributed by atoms with Crippen LogP contribution in [0.5, 0.6) is 0 Å². The number of allylic oxidation sites excluding steroid dienone is 1. The summed E-state index contributed by atoms with van der Waals surface area (Å²) in [6.45, 7) is 0.561. The lowest BCUT2D eigenvalue weighted by Gasteiger charge is -2.21. The Labute approximate surface area is 199 Å². The van der Waals surface area contributed by atoms with E-state index >= 15 is 0 Å². The van der Waals surface area contributed by atoms with E-state index in [4.69, 9.17) is 13.8 Å². The third kappa shape index (κ3) is 9.03. The third-order valence-corrected chi connectivity index (χ3v) is 5.44. The van der Waals surface area contributed by atoms with Gasteiger partial charge >= 0.3 is 0 Å². The molecule has 0 saturated carbocycles. The Bertz CT molecular complexity index is 1130. The molecule has 1 amide bonds. The average molecular weight is 486 g/mol. The predicted octanol–water partition coefficient (Wildman–Crippen LogP) is 3.65. The summed E-state index contributed by atoms with van der Waals surface area (Å²) in [5.41, 5.74) is 5.14. The number of hydrogen-bond acceptors (Lipinski definition) is 7. The highest BCUT2D eigenvalue weighted by atomic mass is 32.2. The molecule has 1 aliphatic heterocycles. The highest BCUT2D eigenvalue weighted by Gasteiger charge is 2.14. The Kier molecular flexibility index (Phi) is 9.29. The van der Waals surface area contributed by atoms with E-state index in [2.05, 4.69) is 5.48 Å². The number of amides is 1. The maximum Gasteiger partial charge on any atom is 0.267 e. The summed E-state index contributed by atoms with van der Waals surface area (Å²) < 4.78 is 32.2. The molecule has 0 spiro atoms. The van der Waals surface area contributed by atoms with Crippen LogP contribution in [0, 0.1) is 0 Å². The van der Waals surface area contributed by atoms with Gasteiger partial charge in [-0.2, -0.15) is 8.42 Å². The summed E-state index contributed by atoms with van der Waals surface area (Å²) in [7, 11) is -3.52. The van der Waals surface area contributed by atoms with Gasteiger partial charge in [-0.3, -0.25) is 13.8 Å². The van der Waals surface area contributed by atoms with E-state index in [9.17, 15) is 18.0 Å². The molecule has 1 atom stereocenters. The van der Waals surface area contributed by atoms with Crippen LogP contribution in [0.25, 0.3) is 12.2 Å². The number of rotatable bonds is 10. The van der Waals surface area contributed by atoms with Crippen molar-refractivity contribution in [1.29, 1.82) is 0 Å². The van der Waals surface area contributed by atoms with Crippen LogP contribution in [0.1, 0.15) is 46.3 Å². The summed E-state index contributed by atoms with van der Waals surface area (Å²) in [6.07, 6.45) is 9.56. The van der Waals surface area contributed by atoms with Crippen molar-refractivity contribution in [2.24, 2.45) is 0 Å². The molecule has 1 fully saturated rings. The molecule has 0 bridgehead atoms. The number of carbonyl (C=O) groups is 2. The molecule has 180 valence electrons. The van der Waals surface area contributed by atoms with E-state index in [1.807, 2.05) is 24.3 Å². The fourth-order valence-electron chi connectivity index (χ4n) is 3.06. The fourth-order valence-corrected chi connectivity index (χ4v) is 3.41. The summed E-state index contributed by atoms with van der Waals surface area (Å²) >= 11 is 0. The quantitative estimate of drug-likeness (QED) is 0.237. The van der Waals surface area contributed by atoms with Crippen molar-refractivity contribution in [2.45, 2.75) is 32.2 Å². The minimum atomic E-state index is -3.52. The Morgan fingerprint density at radius 2 is 1.65 bits per heavy atom. The van der Waals surface area contributed by atoms with Crippen LogP contribution in [-0.2, 0) is 35.3 Å². The second-order valence-electron chi connectivity index (χ2n) is 7.74. The first-order chi connectivity index (χ1) is 16.3. The normalized spacial score (nSPS) is 16.7. The summed E-state index contributed by atoms with van der Waals surface area (Å²) in [4.78, 5) is 29.5. The maximum atomic E-state index is 12.4. The number of ether oxygens (including phenoxy) is 1. The molecular formula is C25H27NO7S. The first kappa shape index (κ1) is 25.5. The van der Waals surface area contributed by atoms with Crippen molar-refractivity contribution in [3.63, 3.8) is 0 Å². The van der Waals surface area contributed by atoms with Gasteiger partial charge < -0.3 is 4.74 Å². The Morgan fingerprint density at radius 1 is 1.00 bits per heavy atom. The van der Waals surface area contributed by atoms with Crippen LogP contribution >= 0.6 is 0 Å². The number of nitrogens with one attached hydrogen (secondary N) is 1. The monoisotopic (exact) mass is 485 g/mol. The lowest BCUT2D eigenvalue weighted by molar-refractivity contribution is -0.198. The van der Waals surface area contributed by atoms with Gasteiger partial charge in [0.2, 0.25) is 0 Å². The SMILES string of the molecule is CS(=O)(=O)OCc1ccc(C(=O)C=Cc2ccc(C=CC(=O)NOC3CCCCO3)cc2)cc1. The van der Waals surface area contributed by atoms with Crippen molar-refractivity contribution >= 4 is 34.0 Å². The molecule has 3 rings (SSSR count). The van der Waals surface area contributed by atoms with Gasteiger partial charge in [0.05, 0.1) is 12.9 Å². The molecule has 0 aromatic heterocycles. The summed E-state index contributed by atoms with van der Waals surface area (Å²) in [5, 5.41) is 0. The molecule has 1 heterocycles. The highest BCUT2D eigenvalue weighted by Crippen LogP contribution is 2.13. The zero-order chi connectivity index (χ0) is 24.4. The molecule has 9 heteroatoms. The molecule has 2 aromatic carbocycles. The van der Waals surface area contributed by atoms with Gasteiger partial charge in [-0.1, -0.05) is 54.6 Å². The van der Waals surface area contributed by atoms with Crippen molar-refractivity contribution in [1.82, 2.24) is 5.48 Å². The van der Waals surface area contributed by atoms with Gasteiger partial charge in [0.15, 0.2) is 12.1 Å². The van der Waals surface area contributed by atoms with E-state index in [0.29, 0.717) is 17.7 Å². The Balaban J connectivity index is 1.47. The van der Waals surface area contributed by atoms with Crippen LogP contribution in [-0.4, -0.2) is 39.3 Å². The van der Waals surface area contributed by atoms with E-state index in [-0.39, 0.29) is 18.3 Å². The second kappa shape index (κ2) is 12.4. The largest absolute Gasteiger partial charge is 0.350 e. The van der Waals surface area contributed by atoms with Gasteiger partial charge in [-0.05, 0) is 41.7 Å². The lowest BCUT2D eigenvalue weighted by atomic mass is 10.1. The average Bonchev–Trinajstić information content (AvgIpc) is 2.84. The van der Waals surface area contributed by atoms with Crippen LogP contribution in [0.2, 0.25) is 0 Å². The number of hydrogen-bond donors (Lipinski definition) is 1. The lowest BCUT2D eigenvalue weighted by Crippen LogP contribution is -2.32. The highest BCUT2D eigenvalue weighted by molar-refractivity contribution is 7.85. The Morgan fingerprint density at radius 3 is 2.24 bits per heavy atom. The predicted molar refractivity (Wildman–Crippen MR) is 128 cm³/mol. The minimum absolute atomic E-state index is 0.0758. The number of hydroxylamine groups is 1. The maximum absolute atomic E-state index is 12.4. The standard InChI is InChI=1S/C25H27NO7S/c1-34(29,30)32-18-21-9-13-22(14-10-21)23(27)15-11-19-5-7-20(8-6-19)12-16-24(28)26-33-25-4-2-3-17-31-25/h5-16,25H,2-4,17-18H2,1H3,(H,26,28). The van der Waals surface area contributed by atoms with Crippen LogP contribution in [0.15, 0.2) is 60.7 Å². The fraction of sp³-hybridized carbons (Fsp3) is 0.280. The van der Waals surface area contributed by atoms with Crippen molar-refractivity contribution in [3.8, 4) is 0 Å². The molecule has 0 radical (unpaired) electrons. The molecule has 1 unspecified atom stereocenters. The molecular weight excluding hydrogens is 458 g/mol. The number of benzene rings is 2. The summed E-state index contributed by atoms with van der Waals surface area (Å²) in [5.74, 6) is -0.559. The number of carbonyl (C=O) groups excluding carboxylic acids is 2. The molecule has 1 aliphatic rings. The van der Waals surface area contributed by atoms with Gasteiger partial charge in [0, 0.05) is 24.7 Å². The third-order valence-electron chi connectivity index (χ3n) is 4.90. The van der Waals surface area contributed by atoms with Gasteiger partial charge in [0.25, 0.3) is 16.0 Å². The van der Waals surface area contributed by atoms with E-state index in [1.165, 1.54) is 12.2 Å². The van der Waals surface area contributed by atoms with Crippen molar-refractivity contribution < 1.29 is 31.8 Å². The van der Waals surface area contributed by atoms with Crippen LogP contribution in [0.3, 0.4) is 0 Å². The van der Waals surface area contributed by atoms with Crippen molar-refractivity contribution in [3.05, 3.63) is 82.9 Å². The topological polar surface area (TPSA) is 108 Å². The van der Waals surface area contributed by atoms with E-state index < -0.39 is 16.4 Å². The number of ketones is 1. The van der Waals surface area contributed by atoms with E-state index in [1.54, 1.807) is 36.4 Å². The van der Waals surface area contributed by atoms with Crippen LogP contribution < -0.4 is 5.48 Å². The molecule has 1 N–H and O–H groups in total. The van der Waals surface area contributed by atoms with Crippen LogP contribution in [0.4, 0.5) is 0 Å². The molecule has 1 saturated heterocycles. The zero-order valence-corrected chi connectivity index (χ0v) is 19.6. The van der Waals surface area contributed by atoms with Gasteiger partial charge in [0.1, 0.15) is 0 Å².